The fourth-order valence-electron chi connectivity index (χ4n) is 2.42. The van der Waals surface area contributed by atoms with Crippen LogP contribution in [0.5, 0.6) is 0 Å². The molecule has 0 aliphatic heterocycles. The lowest BCUT2D eigenvalue weighted by atomic mass is 10.1. The standard InChI is InChI=1S/C16H27BrN2O2/c1-2-3-4-5-6-7-8-9-10-11-12-19-13-14(17)15(20)18-16(19)21/h13H,2-12H2,1H3,(H,18,20,21). The van der Waals surface area contributed by atoms with Crippen LogP contribution in [0.25, 0.3) is 0 Å². The topological polar surface area (TPSA) is 54.9 Å². The summed E-state index contributed by atoms with van der Waals surface area (Å²) in [6.45, 7) is 2.91. The Balaban J connectivity index is 2.08. The largest absolute Gasteiger partial charge is 0.328 e. The molecule has 0 radical (unpaired) electrons. The van der Waals surface area contributed by atoms with Crippen molar-refractivity contribution in [1.82, 2.24) is 9.55 Å². The minimum Gasteiger partial charge on any atom is -0.299 e. The molecule has 0 amide bonds. The Hall–Kier alpha value is -0.840. The molecule has 0 saturated heterocycles. The van der Waals surface area contributed by atoms with Crippen LogP contribution in [0.2, 0.25) is 0 Å². The third kappa shape index (κ3) is 7.65. The molecule has 5 heteroatoms. The molecule has 0 bridgehead atoms. The van der Waals surface area contributed by atoms with Gasteiger partial charge in [0.2, 0.25) is 0 Å². The highest BCUT2D eigenvalue weighted by Crippen LogP contribution is 2.10. The van der Waals surface area contributed by atoms with Gasteiger partial charge in [-0.05, 0) is 22.4 Å². The molecule has 0 aliphatic rings. The summed E-state index contributed by atoms with van der Waals surface area (Å²) in [4.78, 5) is 25.1. The van der Waals surface area contributed by atoms with Gasteiger partial charge in [-0.3, -0.25) is 14.3 Å². The maximum absolute atomic E-state index is 11.6. The van der Waals surface area contributed by atoms with E-state index in [2.05, 4.69) is 27.8 Å². The minimum atomic E-state index is -0.362. The Morgan fingerprint density at radius 3 is 2.05 bits per heavy atom. The number of aromatic nitrogens is 2. The third-order valence-corrected chi connectivity index (χ3v) is 4.28. The number of H-pyrrole nitrogens is 1. The summed E-state index contributed by atoms with van der Waals surface area (Å²) in [7, 11) is 0. The van der Waals surface area contributed by atoms with Gasteiger partial charge < -0.3 is 0 Å². The van der Waals surface area contributed by atoms with Gasteiger partial charge in [-0.25, -0.2) is 4.79 Å². The highest BCUT2D eigenvalue weighted by molar-refractivity contribution is 9.10. The smallest absolute Gasteiger partial charge is 0.299 e. The zero-order valence-electron chi connectivity index (χ0n) is 13.0. The summed E-state index contributed by atoms with van der Waals surface area (Å²) in [5.41, 5.74) is -0.682. The van der Waals surface area contributed by atoms with Crippen LogP contribution in [0.3, 0.4) is 0 Å². The average Bonchev–Trinajstić information content (AvgIpc) is 2.46. The number of halogens is 1. The van der Waals surface area contributed by atoms with Crippen molar-refractivity contribution in [3.05, 3.63) is 31.5 Å². The second-order valence-electron chi connectivity index (χ2n) is 5.61. The first-order valence-corrected chi connectivity index (χ1v) is 8.93. The molecule has 1 N–H and O–H groups in total. The summed E-state index contributed by atoms with van der Waals surface area (Å²) in [6.07, 6.45) is 14.3. The zero-order valence-corrected chi connectivity index (χ0v) is 14.6. The van der Waals surface area contributed by atoms with Crippen LogP contribution in [0.1, 0.15) is 71.1 Å². The van der Waals surface area contributed by atoms with Crippen LogP contribution in [0, 0.1) is 0 Å². The molecule has 0 spiro atoms. The van der Waals surface area contributed by atoms with Gasteiger partial charge in [0.15, 0.2) is 0 Å². The SMILES string of the molecule is CCCCCCCCCCCCn1cc(Br)c(=O)[nH]c1=O. The van der Waals surface area contributed by atoms with Gasteiger partial charge in [-0.1, -0.05) is 64.7 Å². The lowest BCUT2D eigenvalue weighted by Crippen LogP contribution is -2.29. The van der Waals surface area contributed by atoms with Crippen molar-refractivity contribution >= 4 is 15.9 Å². The Morgan fingerprint density at radius 2 is 1.48 bits per heavy atom. The maximum Gasteiger partial charge on any atom is 0.328 e. The molecule has 0 unspecified atom stereocenters. The monoisotopic (exact) mass is 358 g/mol. The fraction of sp³-hybridized carbons (Fsp3) is 0.750. The van der Waals surface area contributed by atoms with Crippen molar-refractivity contribution in [1.29, 1.82) is 0 Å². The molecule has 1 aromatic heterocycles. The van der Waals surface area contributed by atoms with Crippen molar-refractivity contribution in [3.8, 4) is 0 Å². The van der Waals surface area contributed by atoms with E-state index in [-0.39, 0.29) is 11.2 Å². The Morgan fingerprint density at radius 1 is 0.952 bits per heavy atom. The van der Waals surface area contributed by atoms with Gasteiger partial charge in [0.25, 0.3) is 5.56 Å². The average molecular weight is 359 g/mol. The first-order chi connectivity index (χ1) is 10.1. The van der Waals surface area contributed by atoms with E-state index in [0.29, 0.717) is 11.0 Å². The number of hydrogen-bond acceptors (Lipinski definition) is 2. The van der Waals surface area contributed by atoms with Gasteiger partial charge in [0, 0.05) is 12.7 Å². The van der Waals surface area contributed by atoms with Crippen molar-refractivity contribution in [2.24, 2.45) is 0 Å². The lowest BCUT2D eigenvalue weighted by molar-refractivity contribution is 0.525. The zero-order chi connectivity index (χ0) is 15.5. The third-order valence-electron chi connectivity index (χ3n) is 3.72. The first-order valence-electron chi connectivity index (χ1n) is 8.14. The van der Waals surface area contributed by atoms with Crippen LogP contribution in [-0.4, -0.2) is 9.55 Å². The summed E-state index contributed by atoms with van der Waals surface area (Å²) >= 11 is 3.15. The number of hydrogen-bond donors (Lipinski definition) is 1. The predicted molar refractivity (Wildman–Crippen MR) is 90.9 cm³/mol. The van der Waals surface area contributed by atoms with E-state index in [1.807, 2.05) is 0 Å². The second kappa shape index (κ2) is 10.8. The van der Waals surface area contributed by atoms with Crippen molar-refractivity contribution in [3.63, 3.8) is 0 Å². The second-order valence-corrected chi connectivity index (χ2v) is 6.47. The van der Waals surface area contributed by atoms with Crippen LogP contribution in [0.15, 0.2) is 20.3 Å². The van der Waals surface area contributed by atoms with Crippen LogP contribution in [-0.2, 0) is 6.54 Å². The van der Waals surface area contributed by atoms with E-state index in [9.17, 15) is 9.59 Å². The van der Waals surface area contributed by atoms with Gasteiger partial charge >= 0.3 is 5.69 Å². The van der Waals surface area contributed by atoms with Gasteiger partial charge in [0.05, 0.1) is 4.47 Å². The number of nitrogens with zero attached hydrogens (tertiary/aromatic N) is 1. The Kier molecular flexibility index (Phi) is 9.39. The van der Waals surface area contributed by atoms with Gasteiger partial charge in [0.1, 0.15) is 0 Å². The van der Waals surface area contributed by atoms with E-state index in [1.165, 1.54) is 51.4 Å². The number of nitrogens with one attached hydrogen (secondary N) is 1. The fourth-order valence-corrected chi connectivity index (χ4v) is 2.76. The molecule has 0 fully saturated rings. The minimum absolute atomic E-state index is 0.320. The van der Waals surface area contributed by atoms with E-state index in [4.69, 9.17) is 0 Å². The Labute approximate surface area is 135 Å². The molecule has 0 aromatic carbocycles. The summed E-state index contributed by atoms with van der Waals surface area (Å²) in [5.74, 6) is 0. The molecular formula is C16H27BrN2O2. The van der Waals surface area contributed by atoms with Crippen LogP contribution in [0.4, 0.5) is 0 Å². The number of aromatic amines is 1. The molecular weight excluding hydrogens is 332 g/mol. The van der Waals surface area contributed by atoms with Gasteiger partial charge in [-0.2, -0.15) is 0 Å². The van der Waals surface area contributed by atoms with E-state index in [1.54, 1.807) is 10.8 Å². The summed E-state index contributed by atoms with van der Waals surface area (Å²) in [5, 5.41) is 0. The number of aryl methyl sites for hydroxylation is 1. The predicted octanol–water partition coefficient (Wildman–Crippen LogP) is 4.22. The quantitative estimate of drug-likeness (QED) is 0.602. The molecule has 21 heavy (non-hydrogen) atoms. The first kappa shape index (κ1) is 18.2. The van der Waals surface area contributed by atoms with Crippen LogP contribution < -0.4 is 11.2 Å². The molecule has 1 aromatic rings. The summed E-state index contributed by atoms with van der Waals surface area (Å²) in [6, 6.07) is 0. The normalized spacial score (nSPS) is 11.0. The molecule has 0 saturated carbocycles. The van der Waals surface area contributed by atoms with Gasteiger partial charge in [-0.15, -0.1) is 0 Å². The number of unbranched alkanes of at least 4 members (excludes halogenated alkanes) is 9. The van der Waals surface area contributed by atoms with E-state index < -0.39 is 0 Å². The van der Waals surface area contributed by atoms with Crippen molar-refractivity contribution in [2.45, 2.75) is 77.7 Å². The van der Waals surface area contributed by atoms with E-state index in [0.717, 1.165) is 12.8 Å². The molecule has 0 atom stereocenters. The molecule has 0 aliphatic carbocycles. The molecule has 4 nitrogen and oxygen atoms in total. The van der Waals surface area contributed by atoms with Crippen molar-refractivity contribution < 1.29 is 0 Å². The highest BCUT2D eigenvalue weighted by atomic mass is 79.9. The highest BCUT2D eigenvalue weighted by Gasteiger charge is 2.01. The van der Waals surface area contributed by atoms with Crippen LogP contribution >= 0.6 is 15.9 Å². The maximum atomic E-state index is 11.6. The number of rotatable bonds is 11. The van der Waals surface area contributed by atoms with Crippen molar-refractivity contribution in [2.75, 3.05) is 0 Å². The molecule has 120 valence electrons. The lowest BCUT2D eigenvalue weighted by Gasteiger charge is -2.05. The summed E-state index contributed by atoms with van der Waals surface area (Å²) < 4.78 is 1.98. The molecule has 1 heterocycles. The Bertz CT molecular complexity index is 508. The van der Waals surface area contributed by atoms with E-state index >= 15 is 0 Å². The molecule has 1 rings (SSSR count).